The lowest BCUT2D eigenvalue weighted by Gasteiger charge is -2.21. The van der Waals surface area contributed by atoms with Crippen LogP contribution in [0.2, 0.25) is 0 Å². The summed E-state index contributed by atoms with van der Waals surface area (Å²) in [5, 5.41) is 10.6. The molecule has 89 heavy (non-hydrogen) atoms. The topological polar surface area (TPSA) is 237 Å². The lowest BCUT2D eigenvalue weighted by atomic mass is 10.0. The van der Waals surface area contributed by atoms with Crippen LogP contribution in [-0.4, -0.2) is 96.7 Å². The molecule has 0 saturated heterocycles. The number of phosphoric acid groups is 2. The highest BCUT2D eigenvalue weighted by molar-refractivity contribution is 7.47. The Labute approximate surface area is 543 Å². The van der Waals surface area contributed by atoms with Crippen LogP contribution in [0, 0.1) is 23.7 Å². The van der Waals surface area contributed by atoms with Gasteiger partial charge in [0.15, 0.2) is 12.2 Å². The normalized spacial score (nSPS) is 14.3. The van der Waals surface area contributed by atoms with Gasteiger partial charge in [0.2, 0.25) is 0 Å². The van der Waals surface area contributed by atoms with E-state index in [4.69, 9.17) is 37.0 Å². The standard InChI is InChI=1S/C70H136O17P2/c1-60(2)46-38-30-22-19-17-15-13-11-9-10-12-14-16-18-20-24-34-42-50-67(72)80-56-65(86-69(74)52-44-36-28-26-32-40-48-62(5)6)58-84-88(76,77)82-54-64(71)55-83-89(78,79)85-59-66(87-70(75)53-45-37-29-27-33-41-49-63(7)8)57-81-68(73)51-43-35-25-21-23-31-39-47-61(3)4/h60-66,71H,9-59H2,1-8H3,(H,76,77)(H,78,79)/t64?,65-,66-/m1/s1. The van der Waals surface area contributed by atoms with Crippen molar-refractivity contribution < 1.29 is 80.2 Å². The van der Waals surface area contributed by atoms with Gasteiger partial charge in [0.25, 0.3) is 0 Å². The van der Waals surface area contributed by atoms with Crippen LogP contribution in [0.3, 0.4) is 0 Å². The first kappa shape index (κ1) is 87.1. The van der Waals surface area contributed by atoms with E-state index in [1.807, 2.05) is 0 Å². The van der Waals surface area contributed by atoms with Crippen molar-refractivity contribution in [3.8, 4) is 0 Å². The van der Waals surface area contributed by atoms with Gasteiger partial charge in [0, 0.05) is 25.7 Å². The summed E-state index contributed by atoms with van der Waals surface area (Å²) < 4.78 is 68.1. The predicted octanol–water partition coefficient (Wildman–Crippen LogP) is 19.7. The second-order valence-corrected chi connectivity index (χ2v) is 30.1. The molecule has 0 heterocycles. The highest BCUT2D eigenvalue weighted by Gasteiger charge is 2.30. The fraction of sp³-hybridized carbons (Fsp3) is 0.943. The van der Waals surface area contributed by atoms with E-state index in [0.717, 1.165) is 102 Å². The Balaban J connectivity index is 5.09. The van der Waals surface area contributed by atoms with Gasteiger partial charge in [-0.2, -0.15) is 0 Å². The molecule has 0 aromatic rings. The highest BCUT2D eigenvalue weighted by Crippen LogP contribution is 2.45. The smallest absolute Gasteiger partial charge is 0.462 e. The second kappa shape index (κ2) is 59.8. The molecule has 0 saturated carbocycles. The maximum Gasteiger partial charge on any atom is 0.472 e. The van der Waals surface area contributed by atoms with Crippen LogP contribution in [0.4, 0.5) is 0 Å². The molecule has 3 unspecified atom stereocenters. The zero-order valence-corrected chi connectivity index (χ0v) is 59.8. The summed E-state index contributed by atoms with van der Waals surface area (Å²) in [7, 11) is -9.89. The van der Waals surface area contributed by atoms with E-state index in [-0.39, 0.29) is 25.7 Å². The van der Waals surface area contributed by atoms with Gasteiger partial charge in [-0.25, -0.2) is 9.13 Å². The third-order valence-electron chi connectivity index (χ3n) is 16.1. The number of esters is 4. The van der Waals surface area contributed by atoms with Crippen molar-refractivity contribution >= 4 is 39.5 Å². The van der Waals surface area contributed by atoms with E-state index >= 15 is 0 Å². The lowest BCUT2D eigenvalue weighted by Crippen LogP contribution is -2.30. The first-order valence-electron chi connectivity index (χ1n) is 36.2. The molecule has 3 N–H and O–H groups in total. The van der Waals surface area contributed by atoms with Crippen molar-refractivity contribution in [3.05, 3.63) is 0 Å². The molecule has 0 radical (unpaired) electrons. The molecule has 528 valence electrons. The van der Waals surface area contributed by atoms with E-state index < -0.39 is 97.5 Å². The first-order valence-corrected chi connectivity index (χ1v) is 39.2. The molecule has 0 fully saturated rings. The molecule has 0 amide bonds. The summed E-state index contributed by atoms with van der Waals surface area (Å²) in [4.78, 5) is 72.3. The number of carbonyl (C=O) groups excluding carboxylic acids is 4. The van der Waals surface area contributed by atoms with E-state index in [1.54, 1.807) is 0 Å². The van der Waals surface area contributed by atoms with Crippen LogP contribution < -0.4 is 0 Å². The molecular weight excluding hydrogens is 1170 g/mol. The Morgan fingerprint density at radius 1 is 0.281 bits per heavy atom. The van der Waals surface area contributed by atoms with Crippen LogP contribution in [0.15, 0.2) is 0 Å². The Bertz CT molecular complexity index is 1760. The van der Waals surface area contributed by atoms with E-state index in [9.17, 15) is 43.2 Å². The Hall–Kier alpha value is -1.94. The lowest BCUT2D eigenvalue weighted by molar-refractivity contribution is -0.161. The Morgan fingerprint density at radius 3 is 0.697 bits per heavy atom. The Kier molecular flexibility index (Phi) is 58.5. The molecule has 0 aliphatic heterocycles. The second-order valence-electron chi connectivity index (χ2n) is 27.2. The maximum absolute atomic E-state index is 13.0. The van der Waals surface area contributed by atoms with Crippen molar-refractivity contribution in [3.63, 3.8) is 0 Å². The molecule has 0 rings (SSSR count). The third-order valence-corrected chi connectivity index (χ3v) is 18.0. The molecule has 19 heteroatoms. The minimum Gasteiger partial charge on any atom is -0.462 e. The van der Waals surface area contributed by atoms with Gasteiger partial charge in [-0.05, 0) is 49.4 Å². The fourth-order valence-corrected chi connectivity index (χ4v) is 12.1. The molecular formula is C70H136O17P2. The number of rotatable bonds is 67. The SMILES string of the molecule is CC(C)CCCCCCCCCCCCCCCCCCCCC(=O)OC[C@H](COP(=O)(O)OCC(O)COP(=O)(O)OC[C@@H](COC(=O)CCCCCCCCCC(C)C)OC(=O)CCCCCCCCC(C)C)OC(=O)CCCCCCCCC(C)C. The number of aliphatic hydroxyl groups is 1. The third kappa shape index (κ3) is 64.6. The highest BCUT2D eigenvalue weighted by atomic mass is 31.2. The van der Waals surface area contributed by atoms with E-state index in [1.165, 1.54) is 141 Å². The van der Waals surface area contributed by atoms with Gasteiger partial charge in [0.05, 0.1) is 26.4 Å². The van der Waals surface area contributed by atoms with Crippen LogP contribution in [0.25, 0.3) is 0 Å². The van der Waals surface area contributed by atoms with Crippen LogP contribution in [-0.2, 0) is 65.4 Å². The van der Waals surface area contributed by atoms with Gasteiger partial charge >= 0.3 is 39.5 Å². The largest absolute Gasteiger partial charge is 0.472 e. The van der Waals surface area contributed by atoms with Gasteiger partial charge in [0.1, 0.15) is 19.3 Å². The molecule has 0 aromatic carbocycles. The number of ether oxygens (including phenoxy) is 4. The molecule has 0 aliphatic carbocycles. The Morgan fingerprint density at radius 2 is 0.472 bits per heavy atom. The summed E-state index contributed by atoms with van der Waals surface area (Å²) >= 11 is 0. The van der Waals surface area contributed by atoms with Gasteiger partial charge in [-0.15, -0.1) is 0 Å². The number of hydrogen-bond donors (Lipinski definition) is 3. The fourth-order valence-electron chi connectivity index (χ4n) is 10.5. The van der Waals surface area contributed by atoms with Gasteiger partial charge in [-0.3, -0.25) is 37.3 Å². The molecule has 5 atom stereocenters. The van der Waals surface area contributed by atoms with Crippen molar-refractivity contribution in [2.75, 3.05) is 39.6 Å². The van der Waals surface area contributed by atoms with Crippen LogP contribution >= 0.6 is 15.6 Å². The van der Waals surface area contributed by atoms with Crippen LogP contribution in [0.1, 0.15) is 344 Å². The van der Waals surface area contributed by atoms with Crippen molar-refractivity contribution in [1.82, 2.24) is 0 Å². The monoisotopic (exact) mass is 1310 g/mol. The molecule has 17 nitrogen and oxygen atoms in total. The number of aliphatic hydroxyl groups excluding tert-OH is 1. The van der Waals surface area contributed by atoms with Crippen LogP contribution in [0.5, 0.6) is 0 Å². The van der Waals surface area contributed by atoms with Crippen molar-refractivity contribution in [2.45, 2.75) is 363 Å². The van der Waals surface area contributed by atoms with Crippen molar-refractivity contribution in [1.29, 1.82) is 0 Å². The molecule has 0 aromatic heterocycles. The minimum absolute atomic E-state index is 0.101. The summed E-state index contributed by atoms with van der Waals surface area (Å²) in [6, 6.07) is 0. The summed E-state index contributed by atoms with van der Waals surface area (Å²) in [5.41, 5.74) is 0. The molecule has 0 spiro atoms. The van der Waals surface area contributed by atoms with E-state index in [2.05, 4.69) is 55.4 Å². The summed E-state index contributed by atoms with van der Waals surface area (Å²) in [5.74, 6) is 0.726. The average molecular weight is 1310 g/mol. The van der Waals surface area contributed by atoms with E-state index in [0.29, 0.717) is 43.4 Å². The summed E-state index contributed by atoms with van der Waals surface area (Å²) in [6.45, 7) is 13.9. The molecule has 0 aliphatic rings. The zero-order valence-electron chi connectivity index (χ0n) is 58.1. The first-order chi connectivity index (χ1) is 42.6. The quantitative estimate of drug-likeness (QED) is 0.0222. The van der Waals surface area contributed by atoms with Gasteiger partial charge in [-0.1, -0.05) is 293 Å². The molecule has 0 bridgehead atoms. The summed E-state index contributed by atoms with van der Waals surface area (Å²) in [6.07, 6.45) is 42.4. The number of hydrogen-bond acceptors (Lipinski definition) is 15. The number of unbranched alkanes of at least 4 members (excludes halogenated alkanes) is 33. The predicted molar refractivity (Wildman–Crippen MR) is 358 cm³/mol. The maximum atomic E-state index is 13.0. The van der Waals surface area contributed by atoms with Gasteiger partial charge < -0.3 is 33.8 Å². The minimum atomic E-state index is -4.95. The number of phosphoric ester groups is 2. The van der Waals surface area contributed by atoms with Crippen molar-refractivity contribution in [2.24, 2.45) is 23.7 Å². The average Bonchev–Trinajstić information content (AvgIpc) is 3.68. The zero-order chi connectivity index (χ0) is 66.1. The number of carbonyl (C=O) groups is 4.